The molecule has 2 heterocycles. The largest absolute Gasteiger partial charge is 0.477 e. The number of hydrogen-bond donors (Lipinski definition) is 2. The number of hydrogen-bond acceptors (Lipinski definition) is 4. The maximum atomic E-state index is 12.3. The van der Waals surface area contributed by atoms with Gasteiger partial charge in [-0.05, 0) is 49.3 Å². The lowest BCUT2D eigenvalue weighted by Crippen LogP contribution is -2.33. The molecule has 0 unspecified atom stereocenters. The highest BCUT2D eigenvalue weighted by Crippen LogP contribution is 2.23. The summed E-state index contributed by atoms with van der Waals surface area (Å²) in [5, 5.41) is 19.6. The molecule has 5 nitrogen and oxygen atoms in total. The van der Waals surface area contributed by atoms with Crippen LogP contribution in [-0.2, 0) is 17.6 Å². The van der Waals surface area contributed by atoms with E-state index in [4.69, 9.17) is 5.11 Å². The molecule has 3 atom stereocenters. The predicted molar refractivity (Wildman–Crippen MR) is 136 cm³/mol. The van der Waals surface area contributed by atoms with Gasteiger partial charge < -0.3 is 15.1 Å². The summed E-state index contributed by atoms with van der Waals surface area (Å²) < 4.78 is 0. The Bertz CT molecular complexity index is 1030. The average molecular weight is 480 g/mol. The van der Waals surface area contributed by atoms with Gasteiger partial charge in [-0.25, -0.2) is 4.79 Å². The molecular weight excluding hydrogens is 446 g/mol. The van der Waals surface area contributed by atoms with Crippen molar-refractivity contribution in [3.05, 3.63) is 69.9 Å². The van der Waals surface area contributed by atoms with Gasteiger partial charge in [0.15, 0.2) is 0 Å². The molecule has 3 rings (SSSR count). The summed E-state index contributed by atoms with van der Waals surface area (Å²) in [4.78, 5) is 26.6. The van der Waals surface area contributed by atoms with Gasteiger partial charge in [-0.3, -0.25) is 4.79 Å². The third-order valence-corrected chi connectivity index (χ3v) is 7.25. The molecule has 0 spiro atoms. The van der Waals surface area contributed by atoms with Crippen LogP contribution in [0, 0.1) is 17.8 Å². The van der Waals surface area contributed by atoms with Gasteiger partial charge in [0, 0.05) is 30.7 Å². The second-order valence-corrected chi connectivity index (χ2v) is 9.93. The first-order valence-corrected chi connectivity index (χ1v) is 12.7. The molecule has 0 bridgehead atoms. The second kappa shape index (κ2) is 13.1. The average Bonchev–Trinajstić information content (AvgIpc) is 3.45. The quantitative estimate of drug-likeness (QED) is 0.353. The Labute approximate surface area is 206 Å². The van der Waals surface area contributed by atoms with Crippen LogP contribution in [0.25, 0.3) is 0 Å². The summed E-state index contributed by atoms with van der Waals surface area (Å²) in [7, 11) is 0. The number of thiophene rings is 1. The molecule has 1 aromatic carbocycles. The summed E-state index contributed by atoms with van der Waals surface area (Å²) in [6.45, 7) is 2.62. The molecule has 2 aromatic rings. The predicted octanol–water partition coefficient (Wildman–Crippen LogP) is 4.95. The molecule has 0 aliphatic carbocycles. The third kappa shape index (κ3) is 7.86. The van der Waals surface area contributed by atoms with Gasteiger partial charge >= 0.3 is 5.97 Å². The Morgan fingerprint density at radius 2 is 2.00 bits per heavy atom. The van der Waals surface area contributed by atoms with E-state index in [0.29, 0.717) is 24.3 Å². The molecule has 1 aromatic heterocycles. The van der Waals surface area contributed by atoms with E-state index in [1.807, 2.05) is 48.2 Å². The molecule has 34 heavy (non-hydrogen) atoms. The lowest BCUT2D eigenvalue weighted by molar-refractivity contribution is -0.128. The summed E-state index contributed by atoms with van der Waals surface area (Å²) in [5.41, 5.74) is 1.28. The van der Waals surface area contributed by atoms with Crippen LogP contribution in [0.2, 0.25) is 0 Å². The number of amides is 1. The van der Waals surface area contributed by atoms with Crippen molar-refractivity contribution in [3.63, 3.8) is 0 Å². The zero-order valence-corrected chi connectivity index (χ0v) is 20.5. The number of nitrogens with zero attached hydrogens (tertiary/aromatic N) is 1. The van der Waals surface area contributed by atoms with Gasteiger partial charge in [-0.2, -0.15) is 0 Å². The first-order valence-electron chi connectivity index (χ1n) is 11.9. The Balaban J connectivity index is 1.41. The maximum Gasteiger partial charge on any atom is 0.345 e. The number of carbonyl (C=O) groups excluding carboxylic acids is 1. The van der Waals surface area contributed by atoms with E-state index >= 15 is 0 Å². The number of carboxylic acids is 1. The summed E-state index contributed by atoms with van der Waals surface area (Å²) in [6, 6.07) is 13.8. The van der Waals surface area contributed by atoms with Crippen LogP contribution in [0.1, 0.15) is 59.1 Å². The number of rotatable bonds is 11. The van der Waals surface area contributed by atoms with Crippen LogP contribution in [0.4, 0.5) is 0 Å². The number of aromatic carboxylic acids is 1. The summed E-state index contributed by atoms with van der Waals surface area (Å²) in [6.07, 6.45) is 8.37. The first kappa shape index (κ1) is 25.7. The smallest absolute Gasteiger partial charge is 0.345 e. The number of aryl methyl sites for hydroxylation is 2. The molecule has 2 N–H and O–H groups in total. The number of aliphatic hydroxyl groups is 1. The molecule has 1 fully saturated rings. The molecule has 1 aliphatic heterocycles. The zero-order valence-electron chi connectivity index (χ0n) is 19.7. The van der Waals surface area contributed by atoms with Crippen LogP contribution >= 0.6 is 11.3 Å². The summed E-state index contributed by atoms with van der Waals surface area (Å²) >= 11 is 1.29. The number of benzene rings is 1. The van der Waals surface area contributed by atoms with E-state index in [9.17, 15) is 14.7 Å². The molecule has 0 radical (unpaired) electrons. The molecule has 1 amide bonds. The normalized spacial score (nSPS) is 17.5. The summed E-state index contributed by atoms with van der Waals surface area (Å²) in [5.74, 6) is 5.65. The van der Waals surface area contributed by atoms with Crippen LogP contribution in [0.15, 0.2) is 54.6 Å². The number of carboxylic acid groups (broad SMARTS) is 1. The second-order valence-electron chi connectivity index (χ2n) is 8.76. The fourth-order valence-electron chi connectivity index (χ4n) is 4.02. The number of carbonyl (C=O) groups is 2. The van der Waals surface area contributed by atoms with Crippen molar-refractivity contribution < 1.29 is 19.8 Å². The Morgan fingerprint density at radius 3 is 2.74 bits per heavy atom. The van der Waals surface area contributed by atoms with Gasteiger partial charge in [0.25, 0.3) is 0 Å². The fraction of sp³-hybridized carbons (Fsp3) is 0.429. The molecule has 6 heteroatoms. The Kier molecular flexibility index (Phi) is 9.93. The highest BCUT2D eigenvalue weighted by atomic mass is 32.1. The van der Waals surface area contributed by atoms with E-state index in [2.05, 4.69) is 24.0 Å². The topological polar surface area (TPSA) is 77.8 Å². The fourth-order valence-corrected chi connectivity index (χ4v) is 4.91. The highest BCUT2D eigenvalue weighted by molar-refractivity contribution is 7.13. The third-order valence-electron chi connectivity index (χ3n) is 6.11. The Hall–Kier alpha value is -2.88. The van der Waals surface area contributed by atoms with Crippen LogP contribution in [0.3, 0.4) is 0 Å². The van der Waals surface area contributed by atoms with E-state index in [1.54, 1.807) is 6.07 Å². The molecule has 0 saturated carbocycles. The van der Waals surface area contributed by atoms with Gasteiger partial charge in [-0.15, -0.1) is 23.2 Å². The van der Waals surface area contributed by atoms with Crippen molar-refractivity contribution in [2.45, 2.75) is 64.0 Å². The Morgan fingerprint density at radius 1 is 1.21 bits per heavy atom. The minimum absolute atomic E-state index is 0.00391. The van der Waals surface area contributed by atoms with Gasteiger partial charge in [-0.1, -0.05) is 49.4 Å². The standard InChI is InChI=1S/C28H33NO4S/c1-21(9-4-2-5-10-22-11-6-3-7-12-22)25(30)17-14-23-15-19-27(31)29(23)20-8-13-24-16-18-26(34-24)28(32)33/h3,6-7,11-12,14,16-18,21,23,25,30H,5,8-10,13,15,19-20H2,1H3,(H,32,33)/b17-14+/t21-,23-,25+/m0/s1. The van der Waals surface area contributed by atoms with Crippen molar-refractivity contribution in [1.82, 2.24) is 4.90 Å². The molecule has 1 saturated heterocycles. The van der Waals surface area contributed by atoms with Gasteiger partial charge in [0.1, 0.15) is 4.88 Å². The van der Waals surface area contributed by atoms with E-state index in [1.165, 1.54) is 16.9 Å². The minimum atomic E-state index is -0.901. The molecule has 1 aliphatic rings. The van der Waals surface area contributed by atoms with E-state index in [0.717, 1.165) is 37.0 Å². The minimum Gasteiger partial charge on any atom is -0.477 e. The van der Waals surface area contributed by atoms with Crippen molar-refractivity contribution in [3.8, 4) is 11.8 Å². The maximum absolute atomic E-state index is 12.3. The van der Waals surface area contributed by atoms with Crippen molar-refractivity contribution >= 4 is 23.2 Å². The highest BCUT2D eigenvalue weighted by Gasteiger charge is 2.28. The molecule has 180 valence electrons. The van der Waals surface area contributed by atoms with E-state index in [-0.39, 0.29) is 17.9 Å². The SMILES string of the molecule is C[C@@H](CC#CCCc1ccccc1)[C@H](O)/C=C/[C@H]1CCC(=O)N1CCCc1ccc(C(=O)O)s1. The molecular formula is C28H33NO4S. The number of likely N-dealkylation sites (tertiary alicyclic amines) is 1. The van der Waals surface area contributed by atoms with Crippen LogP contribution in [-0.4, -0.2) is 45.7 Å². The number of aliphatic hydroxyl groups excluding tert-OH is 1. The van der Waals surface area contributed by atoms with Crippen LogP contribution < -0.4 is 0 Å². The first-order chi connectivity index (χ1) is 16.4. The lowest BCUT2D eigenvalue weighted by atomic mass is 9.99. The van der Waals surface area contributed by atoms with Crippen molar-refractivity contribution in [2.24, 2.45) is 5.92 Å². The lowest BCUT2D eigenvalue weighted by Gasteiger charge is -2.23. The van der Waals surface area contributed by atoms with Crippen molar-refractivity contribution in [2.75, 3.05) is 6.54 Å². The van der Waals surface area contributed by atoms with Gasteiger partial charge in [0.05, 0.1) is 12.1 Å². The van der Waals surface area contributed by atoms with Crippen molar-refractivity contribution in [1.29, 1.82) is 0 Å². The van der Waals surface area contributed by atoms with Crippen LogP contribution in [0.5, 0.6) is 0 Å². The monoisotopic (exact) mass is 479 g/mol. The zero-order chi connectivity index (χ0) is 24.3. The van der Waals surface area contributed by atoms with Gasteiger partial charge in [0.2, 0.25) is 5.91 Å². The van der Waals surface area contributed by atoms with E-state index < -0.39 is 12.1 Å².